The second kappa shape index (κ2) is 11.7. The average Bonchev–Trinajstić information content (AvgIpc) is 2.56. The molecule has 1 aromatic rings. The van der Waals surface area contributed by atoms with Crippen molar-refractivity contribution in [2.24, 2.45) is 4.99 Å². The van der Waals surface area contributed by atoms with E-state index in [-0.39, 0.29) is 11.8 Å². The van der Waals surface area contributed by atoms with Gasteiger partial charge in [-0.15, -0.1) is 0 Å². The first-order chi connectivity index (χ1) is 11.6. The molecule has 0 unspecified atom stereocenters. The fraction of sp³-hybridized carbons (Fsp3) is 0.529. The minimum Gasteiger partial charge on any atom is -0.466 e. The maximum atomic E-state index is 13.4. The van der Waals surface area contributed by atoms with E-state index in [4.69, 9.17) is 4.74 Å². The number of aliphatic imine (C=N–C) groups is 1. The molecule has 0 aromatic heterocycles. The first-order valence-corrected chi connectivity index (χ1v) is 9.36. The highest BCUT2D eigenvalue weighted by molar-refractivity contribution is 7.97. The molecule has 134 valence electrons. The minimum atomic E-state index is -0.218. The molecule has 24 heavy (non-hydrogen) atoms. The number of carbonyl (C=O) groups is 1. The van der Waals surface area contributed by atoms with Gasteiger partial charge in [-0.1, -0.05) is 6.07 Å². The number of carbonyl (C=O) groups excluding carboxylic acids is 1. The van der Waals surface area contributed by atoms with Gasteiger partial charge >= 0.3 is 5.97 Å². The van der Waals surface area contributed by atoms with Gasteiger partial charge in [-0.05, 0) is 42.9 Å². The zero-order valence-corrected chi connectivity index (χ0v) is 15.3. The second-order valence-electron chi connectivity index (χ2n) is 5.11. The first-order valence-electron chi connectivity index (χ1n) is 7.97. The summed E-state index contributed by atoms with van der Waals surface area (Å²) in [4.78, 5) is 15.4. The van der Waals surface area contributed by atoms with Gasteiger partial charge in [-0.25, -0.2) is 4.39 Å². The largest absolute Gasteiger partial charge is 0.466 e. The number of ether oxygens (including phenoxy) is 1. The number of nitrogens with one attached hydrogen (secondary N) is 2. The predicted molar refractivity (Wildman–Crippen MR) is 97.7 cm³/mol. The molecule has 5 nitrogen and oxygen atoms in total. The van der Waals surface area contributed by atoms with Crippen molar-refractivity contribution in [1.29, 1.82) is 0 Å². The van der Waals surface area contributed by atoms with E-state index in [9.17, 15) is 9.18 Å². The number of esters is 1. The third-order valence-electron chi connectivity index (χ3n) is 3.29. The van der Waals surface area contributed by atoms with Crippen molar-refractivity contribution in [3.8, 4) is 0 Å². The summed E-state index contributed by atoms with van der Waals surface area (Å²) in [5.41, 5.74) is 2.02. The van der Waals surface area contributed by atoms with E-state index >= 15 is 0 Å². The number of guanidine groups is 1. The molecular formula is C17H26FN3O2S. The summed E-state index contributed by atoms with van der Waals surface area (Å²) in [5.74, 6) is 1.01. The maximum absolute atomic E-state index is 13.4. The number of thioether (sulfide) groups is 1. The molecule has 1 rings (SSSR count). The SMILES string of the molecule is CCOC(=O)CCCNC(=NC)NCc1ccc(F)cc1CSC. The average molecular weight is 355 g/mol. The molecule has 0 atom stereocenters. The Balaban J connectivity index is 2.43. The van der Waals surface area contributed by atoms with Gasteiger partial charge in [-0.3, -0.25) is 9.79 Å². The number of halogens is 1. The van der Waals surface area contributed by atoms with Crippen LogP contribution in [-0.2, 0) is 21.8 Å². The van der Waals surface area contributed by atoms with E-state index in [2.05, 4.69) is 15.6 Å². The van der Waals surface area contributed by atoms with Crippen LogP contribution >= 0.6 is 11.8 Å². The highest BCUT2D eigenvalue weighted by atomic mass is 32.2. The molecule has 1 aromatic carbocycles. The van der Waals surface area contributed by atoms with Crippen LogP contribution in [0.1, 0.15) is 30.9 Å². The normalized spacial score (nSPS) is 11.2. The molecule has 0 spiro atoms. The van der Waals surface area contributed by atoms with Crippen LogP contribution in [0.2, 0.25) is 0 Å². The van der Waals surface area contributed by atoms with Crippen molar-refractivity contribution in [2.45, 2.75) is 32.1 Å². The summed E-state index contributed by atoms with van der Waals surface area (Å²) >= 11 is 1.66. The number of nitrogens with zero attached hydrogens (tertiary/aromatic N) is 1. The van der Waals surface area contributed by atoms with E-state index in [0.717, 1.165) is 16.9 Å². The fourth-order valence-electron chi connectivity index (χ4n) is 2.13. The van der Waals surface area contributed by atoms with Crippen molar-refractivity contribution in [1.82, 2.24) is 10.6 Å². The molecular weight excluding hydrogens is 329 g/mol. The Hall–Kier alpha value is -1.76. The molecule has 0 heterocycles. The van der Waals surface area contributed by atoms with E-state index in [1.54, 1.807) is 37.9 Å². The summed E-state index contributed by atoms with van der Waals surface area (Å²) in [5, 5.41) is 6.36. The summed E-state index contributed by atoms with van der Waals surface area (Å²) in [7, 11) is 1.69. The third-order valence-corrected chi connectivity index (χ3v) is 3.89. The Bertz CT molecular complexity index is 553. The second-order valence-corrected chi connectivity index (χ2v) is 5.97. The van der Waals surface area contributed by atoms with E-state index < -0.39 is 0 Å². The Morgan fingerprint density at radius 2 is 2.12 bits per heavy atom. The van der Waals surface area contributed by atoms with Crippen molar-refractivity contribution in [3.05, 3.63) is 35.1 Å². The van der Waals surface area contributed by atoms with Gasteiger partial charge in [-0.2, -0.15) is 11.8 Å². The van der Waals surface area contributed by atoms with Crippen LogP contribution in [0.15, 0.2) is 23.2 Å². The van der Waals surface area contributed by atoms with Gasteiger partial charge in [0.15, 0.2) is 5.96 Å². The molecule has 0 aliphatic heterocycles. The Morgan fingerprint density at radius 3 is 2.79 bits per heavy atom. The lowest BCUT2D eigenvalue weighted by Gasteiger charge is -2.14. The molecule has 0 bridgehead atoms. The molecule has 0 fully saturated rings. The standard InChI is InChI=1S/C17H26FN3O2S/c1-4-23-16(22)6-5-9-20-17(19-2)21-11-13-7-8-15(18)10-14(13)12-24-3/h7-8,10H,4-6,9,11-12H2,1-3H3,(H2,19,20,21). The van der Waals surface area contributed by atoms with Crippen molar-refractivity contribution < 1.29 is 13.9 Å². The van der Waals surface area contributed by atoms with Crippen molar-refractivity contribution in [2.75, 3.05) is 26.5 Å². The summed E-state index contributed by atoms with van der Waals surface area (Å²) in [6.45, 7) is 3.39. The van der Waals surface area contributed by atoms with Crippen LogP contribution in [0.3, 0.4) is 0 Å². The number of hydrogen-bond acceptors (Lipinski definition) is 4. The molecule has 0 saturated carbocycles. The quantitative estimate of drug-likeness (QED) is 0.309. The molecule has 0 radical (unpaired) electrons. The highest BCUT2D eigenvalue weighted by Gasteiger charge is 2.06. The summed E-state index contributed by atoms with van der Waals surface area (Å²) in [6, 6.07) is 4.83. The third kappa shape index (κ3) is 7.68. The van der Waals surface area contributed by atoms with Gasteiger partial charge < -0.3 is 15.4 Å². The van der Waals surface area contributed by atoms with Gasteiger partial charge in [0.2, 0.25) is 0 Å². The molecule has 0 aliphatic carbocycles. The van der Waals surface area contributed by atoms with Crippen molar-refractivity contribution in [3.63, 3.8) is 0 Å². The lowest BCUT2D eigenvalue weighted by atomic mass is 10.1. The number of hydrogen-bond donors (Lipinski definition) is 2. The van der Waals surface area contributed by atoms with Crippen LogP contribution < -0.4 is 10.6 Å². The van der Waals surface area contributed by atoms with Crippen molar-refractivity contribution >= 4 is 23.7 Å². The molecule has 2 N–H and O–H groups in total. The Labute approximate surface area is 147 Å². The van der Waals surface area contributed by atoms with Crippen LogP contribution in [0.4, 0.5) is 4.39 Å². The lowest BCUT2D eigenvalue weighted by molar-refractivity contribution is -0.143. The first kappa shape index (κ1) is 20.3. The van der Waals surface area contributed by atoms with Gasteiger partial charge in [0.25, 0.3) is 0 Å². The van der Waals surface area contributed by atoms with Gasteiger partial charge in [0.1, 0.15) is 5.82 Å². The molecule has 0 aliphatic rings. The summed E-state index contributed by atoms with van der Waals surface area (Å²) < 4.78 is 18.2. The van der Waals surface area contributed by atoms with Gasteiger partial charge in [0.05, 0.1) is 6.61 Å². The zero-order valence-electron chi connectivity index (χ0n) is 14.5. The maximum Gasteiger partial charge on any atom is 0.305 e. The molecule has 7 heteroatoms. The minimum absolute atomic E-state index is 0.185. The predicted octanol–water partition coefficient (Wildman–Crippen LogP) is 2.70. The summed E-state index contributed by atoms with van der Waals surface area (Å²) in [6.07, 6.45) is 3.05. The van der Waals surface area contributed by atoms with Crippen LogP contribution in [-0.4, -0.2) is 38.4 Å². The topological polar surface area (TPSA) is 62.7 Å². The molecule has 0 amide bonds. The Morgan fingerprint density at radius 1 is 1.33 bits per heavy atom. The number of rotatable bonds is 9. The monoisotopic (exact) mass is 355 g/mol. The van der Waals surface area contributed by atoms with Gasteiger partial charge in [0, 0.05) is 32.3 Å². The highest BCUT2D eigenvalue weighted by Crippen LogP contribution is 2.16. The Kier molecular flexibility index (Phi) is 9.91. The number of benzene rings is 1. The van der Waals surface area contributed by atoms with E-state index in [1.165, 1.54) is 6.07 Å². The van der Waals surface area contributed by atoms with Crippen LogP contribution in [0.5, 0.6) is 0 Å². The molecule has 0 saturated heterocycles. The van der Waals surface area contributed by atoms with Crippen LogP contribution in [0, 0.1) is 5.82 Å². The van der Waals surface area contributed by atoms with E-state index in [1.807, 2.05) is 6.26 Å². The fourth-order valence-corrected chi connectivity index (χ4v) is 2.71. The zero-order chi connectivity index (χ0) is 17.8. The van der Waals surface area contributed by atoms with Crippen LogP contribution in [0.25, 0.3) is 0 Å². The lowest BCUT2D eigenvalue weighted by Crippen LogP contribution is -2.37. The smallest absolute Gasteiger partial charge is 0.305 e. The van der Waals surface area contributed by atoms with E-state index in [0.29, 0.717) is 38.5 Å².